The summed E-state index contributed by atoms with van der Waals surface area (Å²) < 4.78 is 52.3. The van der Waals surface area contributed by atoms with E-state index in [0.717, 1.165) is 12.8 Å². The Labute approximate surface area is 160 Å². The summed E-state index contributed by atoms with van der Waals surface area (Å²) >= 11 is 0.386. The fraction of sp³-hybridized carbons (Fsp3) is 0.278. The molecule has 0 bridgehead atoms. The van der Waals surface area contributed by atoms with Crippen molar-refractivity contribution in [3.8, 4) is 0 Å². The number of rotatable bonds is 6. The van der Waals surface area contributed by atoms with Gasteiger partial charge in [0, 0.05) is 29.2 Å². The molecule has 1 fully saturated rings. The molecular formula is C18H18F2N2O3S2. The second-order valence-electron chi connectivity index (χ2n) is 6.04. The third-order valence-corrected chi connectivity index (χ3v) is 6.22. The number of likely N-dealkylation sites (tertiary alicyclic amines) is 1. The summed E-state index contributed by atoms with van der Waals surface area (Å²) in [5.74, 6) is -2.72. The van der Waals surface area contributed by atoms with Gasteiger partial charge in [-0.2, -0.15) is 8.78 Å². The lowest BCUT2D eigenvalue weighted by Gasteiger charge is -2.16. The molecule has 0 aromatic heterocycles. The largest absolute Gasteiger partial charge is 0.339 e. The van der Waals surface area contributed by atoms with Crippen molar-refractivity contribution in [2.45, 2.75) is 28.4 Å². The van der Waals surface area contributed by atoms with E-state index in [1.165, 1.54) is 42.5 Å². The Morgan fingerprint density at radius 3 is 2.37 bits per heavy atom. The van der Waals surface area contributed by atoms with Gasteiger partial charge in [0.2, 0.25) is 0 Å². The van der Waals surface area contributed by atoms with E-state index < -0.39 is 15.8 Å². The summed E-state index contributed by atoms with van der Waals surface area (Å²) in [7, 11) is -3.90. The van der Waals surface area contributed by atoms with Crippen molar-refractivity contribution in [2.24, 2.45) is 0 Å². The predicted octanol–water partition coefficient (Wildman–Crippen LogP) is 4.04. The van der Waals surface area contributed by atoms with E-state index in [1.807, 2.05) is 0 Å². The molecule has 1 N–H and O–H groups in total. The zero-order valence-corrected chi connectivity index (χ0v) is 15.9. The van der Waals surface area contributed by atoms with Crippen LogP contribution in [0.5, 0.6) is 0 Å². The average molecular weight is 412 g/mol. The van der Waals surface area contributed by atoms with Gasteiger partial charge in [0.05, 0.1) is 4.90 Å². The molecule has 3 rings (SSSR count). The van der Waals surface area contributed by atoms with E-state index in [2.05, 4.69) is 4.72 Å². The summed E-state index contributed by atoms with van der Waals surface area (Å²) in [5.41, 5.74) is 0.577. The molecule has 1 saturated heterocycles. The monoisotopic (exact) mass is 412 g/mol. The van der Waals surface area contributed by atoms with Crippen molar-refractivity contribution in [3.63, 3.8) is 0 Å². The van der Waals surface area contributed by atoms with Crippen LogP contribution in [0.15, 0.2) is 58.3 Å². The first-order valence-electron chi connectivity index (χ1n) is 8.32. The van der Waals surface area contributed by atoms with E-state index in [0.29, 0.717) is 35.3 Å². The molecule has 0 atom stereocenters. The average Bonchev–Trinajstić information content (AvgIpc) is 3.17. The topological polar surface area (TPSA) is 66.5 Å². The van der Waals surface area contributed by atoms with Gasteiger partial charge in [0.1, 0.15) is 0 Å². The zero-order chi connectivity index (χ0) is 19.4. The van der Waals surface area contributed by atoms with Gasteiger partial charge in [-0.25, -0.2) is 8.42 Å². The Balaban J connectivity index is 1.76. The molecule has 5 nitrogen and oxygen atoms in total. The molecule has 144 valence electrons. The second-order valence-corrected chi connectivity index (χ2v) is 8.78. The molecule has 2 aromatic rings. The predicted molar refractivity (Wildman–Crippen MR) is 101 cm³/mol. The van der Waals surface area contributed by atoms with Crippen LogP contribution in [0, 0.1) is 0 Å². The first-order chi connectivity index (χ1) is 12.8. The van der Waals surface area contributed by atoms with Gasteiger partial charge < -0.3 is 4.90 Å². The first kappa shape index (κ1) is 19.6. The number of sulfonamides is 1. The van der Waals surface area contributed by atoms with Gasteiger partial charge in [-0.1, -0.05) is 17.8 Å². The number of nitrogens with zero attached hydrogens (tertiary/aromatic N) is 1. The molecule has 1 aliphatic rings. The Bertz CT molecular complexity index is 912. The normalized spacial score (nSPS) is 14.6. The van der Waals surface area contributed by atoms with Crippen LogP contribution in [0.4, 0.5) is 14.5 Å². The molecule has 0 radical (unpaired) electrons. The maximum absolute atomic E-state index is 12.6. The Morgan fingerprint density at radius 1 is 1.07 bits per heavy atom. The molecule has 1 heterocycles. The van der Waals surface area contributed by atoms with Crippen LogP contribution in [0.25, 0.3) is 0 Å². The lowest BCUT2D eigenvalue weighted by atomic mass is 10.2. The summed E-state index contributed by atoms with van der Waals surface area (Å²) in [6, 6.07) is 11.6. The molecule has 27 heavy (non-hydrogen) atoms. The first-order valence-corrected chi connectivity index (χ1v) is 10.7. The van der Waals surface area contributed by atoms with Gasteiger partial charge >= 0.3 is 0 Å². The molecule has 0 aliphatic carbocycles. The van der Waals surface area contributed by atoms with Crippen molar-refractivity contribution in [3.05, 3.63) is 54.1 Å². The molecule has 2 aromatic carbocycles. The lowest BCUT2D eigenvalue weighted by Crippen LogP contribution is -2.27. The number of benzene rings is 2. The minimum absolute atomic E-state index is 0.0291. The van der Waals surface area contributed by atoms with Crippen molar-refractivity contribution < 1.29 is 22.0 Å². The minimum atomic E-state index is -3.90. The van der Waals surface area contributed by atoms with Crippen LogP contribution in [0.1, 0.15) is 23.2 Å². The van der Waals surface area contributed by atoms with Crippen molar-refractivity contribution in [1.82, 2.24) is 4.90 Å². The van der Waals surface area contributed by atoms with Crippen molar-refractivity contribution >= 4 is 33.4 Å². The lowest BCUT2D eigenvalue weighted by molar-refractivity contribution is 0.0792. The van der Waals surface area contributed by atoms with Crippen molar-refractivity contribution in [1.29, 1.82) is 0 Å². The Kier molecular flexibility index (Phi) is 6.01. The number of hydrogen-bond donors (Lipinski definition) is 1. The van der Waals surface area contributed by atoms with E-state index in [4.69, 9.17) is 0 Å². The molecule has 0 spiro atoms. The van der Waals surface area contributed by atoms with E-state index in [-0.39, 0.29) is 16.5 Å². The number of thioether (sulfide) groups is 1. The van der Waals surface area contributed by atoms with Gasteiger partial charge in [0.25, 0.3) is 21.7 Å². The fourth-order valence-electron chi connectivity index (χ4n) is 2.82. The van der Waals surface area contributed by atoms with Crippen LogP contribution in [0.2, 0.25) is 0 Å². The second kappa shape index (κ2) is 8.26. The third-order valence-electron chi connectivity index (χ3n) is 4.12. The van der Waals surface area contributed by atoms with Gasteiger partial charge in [0.15, 0.2) is 0 Å². The molecule has 0 unspecified atom stereocenters. The van der Waals surface area contributed by atoms with Crippen LogP contribution < -0.4 is 4.72 Å². The number of nitrogens with one attached hydrogen (secondary N) is 1. The highest BCUT2D eigenvalue weighted by atomic mass is 32.2. The minimum Gasteiger partial charge on any atom is -0.339 e. The fourth-order valence-corrected chi connectivity index (χ4v) is 4.42. The maximum Gasteiger partial charge on any atom is 0.288 e. The van der Waals surface area contributed by atoms with Crippen LogP contribution in [-0.2, 0) is 10.0 Å². The SMILES string of the molecule is O=C(c1cccc(S(=O)(=O)Nc2ccc(SC(F)F)cc2)c1)N1CCCC1. The maximum atomic E-state index is 12.6. The van der Waals surface area contributed by atoms with E-state index in [9.17, 15) is 22.0 Å². The van der Waals surface area contributed by atoms with Gasteiger partial charge in [-0.3, -0.25) is 9.52 Å². The molecule has 1 amide bonds. The highest BCUT2D eigenvalue weighted by Crippen LogP contribution is 2.27. The quantitative estimate of drug-likeness (QED) is 0.728. The standard InChI is InChI=1S/C18H18F2N2O3S2/c19-18(20)26-15-8-6-14(7-9-15)21-27(24,25)16-5-3-4-13(12-16)17(23)22-10-1-2-11-22/h3-9,12,18,21H,1-2,10-11H2. The van der Waals surface area contributed by atoms with Gasteiger partial charge in [-0.15, -0.1) is 0 Å². The number of halogens is 2. The highest BCUT2D eigenvalue weighted by molar-refractivity contribution is 7.99. The van der Waals surface area contributed by atoms with E-state index in [1.54, 1.807) is 11.0 Å². The smallest absolute Gasteiger partial charge is 0.288 e. The summed E-state index contributed by atoms with van der Waals surface area (Å²) in [4.78, 5) is 14.5. The highest BCUT2D eigenvalue weighted by Gasteiger charge is 2.22. The summed E-state index contributed by atoms with van der Waals surface area (Å²) in [6.45, 7) is 1.36. The zero-order valence-electron chi connectivity index (χ0n) is 14.3. The molecular weight excluding hydrogens is 394 g/mol. The third kappa shape index (κ3) is 4.98. The Hall–Kier alpha value is -2.13. The number of alkyl halides is 2. The van der Waals surface area contributed by atoms with E-state index >= 15 is 0 Å². The van der Waals surface area contributed by atoms with Crippen LogP contribution in [-0.4, -0.2) is 38.1 Å². The van der Waals surface area contributed by atoms with Crippen molar-refractivity contribution in [2.75, 3.05) is 17.8 Å². The number of amides is 1. The Morgan fingerprint density at radius 2 is 1.74 bits per heavy atom. The van der Waals surface area contributed by atoms with Crippen LogP contribution >= 0.6 is 11.8 Å². The van der Waals surface area contributed by atoms with Gasteiger partial charge in [-0.05, 0) is 55.3 Å². The summed E-state index contributed by atoms with van der Waals surface area (Å²) in [5, 5.41) is 0. The molecule has 0 saturated carbocycles. The number of hydrogen-bond acceptors (Lipinski definition) is 4. The number of anilines is 1. The summed E-state index contributed by atoms with van der Waals surface area (Å²) in [6.07, 6.45) is 1.90. The molecule has 9 heteroatoms. The molecule has 1 aliphatic heterocycles. The number of carbonyl (C=O) groups excluding carboxylic acids is 1. The van der Waals surface area contributed by atoms with Crippen LogP contribution in [0.3, 0.4) is 0 Å². The number of carbonyl (C=O) groups is 1.